The van der Waals surface area contributed by atoms with Crippen molar-refractivity contribution in [3.05, 3.63) is 22.4 Å². The average Bonchev–Trinajstić information content (AvgIpc) is 2.80. The lowest BCUT2D eigenvalue weighted by molar-refractivity contribution is -0.143. The second kappa shape index (κ2) is 7.80. The molecule has 0 unspecified atom stereocenters. The molecule has 0 aliphatic rings. The average molecular weight is 302 g/mol. The number of thioether (sulfide) groups is 1. The third kappa shape index (κ3) is 6.25. The molecule has 0 aliphatic carbocycles. The fourth-order valence-corrected chi connectivity index (χ4v) is 2.96. The highest BCUT2D eigenvalue weighted by Gasteiger charge is 2.21. The minimum Gasteiger partial charge on any atom is -0.480 e. The minimum atomic E-state index is -1.27. The molecule has 19 heavy (non-hydrogen) atoms. The fraction of sp³-hybridized carbons (Fsp3) is 0.364. The minimum absolute atomic E-state index is 0.139. The van der Waals surface area contributed by atoms with Gasteiger partial charge in [0.1, 0.15) is 6.04 Å². The van der Waals surface area contributed by atoms with Gasteiger partial charge >= 0.3 is 5.97 Å². The van der Waals surface area contributed by atoms with E-state index in [0.29, 0.717) is 5.75 Å². The van der Waals surface area contributed by atoms with Crippen LogP contribution in [-0.4, -0.2) is 34.7 Å². The van der Waals surface area contributed by atoms with E-state index in [4.69, 9.17) is 10.8 Å². The molecule has 0 aromatic carbocycles. The molecule has 0 fully saturated rings. The molecule has 2 amide bonds. The molecule has 1 aromatic rings. The Kier molecular flexibility index (Phi) is 6.37. The number of thiophene rings is 1. The Labute approximate surface area is 118 Å². The summed E-state index contributed by atoms with van der Waals surface area (Å²) in [5, 5.41) is 13.0. The van der Waals surface area contributed by atoms with Crippen LogP contribution in [0.4, 0.5) is 0 Å². The van der Waals surface area contributed by atoms with Crippen molar-refractivity contribution in [3.63, 3.8) is 0 Å². The van der Waals surface area contributed by atoms with Crippen molar-refractivity contribution in [1.82, 2.24) is 5.32 Å². The van der Waals surface area contributed by atoms with E-state index < -0.39 is 30.2 Å². The normalized spacial score (nSPS) is 11.8. The number of nitrogens with two attached hydrogens (primary N) is 1. The number of hydrogen-bond acceptors (Lipinski definition) is 5. The monoisotopic (exact) mass is 302 g/mol. The molecule has 8 heteroatoms. The van der Waals surface area contributed by atoms with Gasteiger partial charge in [0.05, 0.1) is 12.2 Å². The zero-order valence-corrected chi connectivity index (χ0v) is 11.6. The standard InChI is InChI=1S/C11H14N2O4S2/c12-9(14)4-8(11(16)17)13-10(15)6-18-5-7-2-1-3-19-7/h1-3,8H,4-6H2,(H2,12,14)(H,13,15)(H,16,17)/t8-/m0/s1. The van der Waals surface area contributed by atoms with Gasteiger partial charge in [0, 0.05) is 10.6 Å². The summed E-state index contributed by atoms with van der Waals surface area (Å²) >= 11 is 2.97. The van der Waals surface area contributed by atoms with Gasteiger partial charge in [0.25, 0.3) is 0 Å². The molecule has 0 spiro atoms. The van der Waals surface area contributed by atoms with Crippen LogP contribution in [0, 0.1) is 0 Å². The number of hydrogen-bond donors (Lipinski definition) is 3. The number of carboxylic acids is 1. The van der Waals surface area contributed by atoms with Gasteiger partial charge in [-0.2, -0.15) is 0 Å². The highest BCUT2D eigenvalue weighted by atomic mass is 32.2. The number of carbonyl (C=O) groups is 3. The van der Waals surface area contributed by atoms with E-state index in [1.54, 1.807) is 11.3 Å². The first-order valence-corrected chi connectivity index (χ1v) is 7.43. The van der Waals surface area contributed by atoms with Crippen molar-refractivity contribution in [2.24, 2.45) is 5.73 Å². The lowest BCUT2D eigenvalue weighted by Gasteiger charge is -2.12. The Morgan fingerprint density at radius 2 is 2.21 bits per heavy atom. The summed E-state index contributed by atoms with van der Waals surface area (Å²) in [7, 11) is 0. The van der Waals surface area contributed by atoms with E-state index in [1.165, 1.54) is 11.8 Å². The first-order chi connectivity index (χ1) is 8.99. The van der Waals surface area contributed by atoms with Crippen LogP contribution in [0.25, 0.3) is 0 Å². The molecule has 0 saturated heterocycles. The Balaban J connectivity index is 2.32. The first-order valence-electron chi connectivity index (χ1n) is 5.39. The number of nitrogens with one attached hydrogen (secondary N) is 1. The molecular weight excluding hydrogens is 288 g/mol. The number of carbonyl (C=O) groups excluding carboxylic acids is 2. The molecule has 0 radical (unpaired) electrons. The van der Waals surface area contributed by atoms with E-state index in [2.05, 4.69) is 5.32 Å². The van der Waals surface area contributed by atoms with Gasteiger partial charge in [-0.3, -0.25) is 9.59 Å². The molecule has 1 aromatic heterocycles. The molecular formula is C11H14N2O4S2. The molecule has 4 N–H and O–H groups in total. The second-order valence-corrected chi connectivity index (χ2v) is 5.72. The quantitative estimate of drug-likeness (QED) is 0.645. The van der Waals surface area contributed by atoms with Crippen LogP contribution >= 0.6 is 23.1 Å². The predicted molar refractivity (Wildman–Crippen MR) is 73.9 cm³/mol. The van der Waals surface area contributed by atoms with Gasteiger partial charge in [-0.25, -0.2) is 4.79 Å². The third-order valence-electron chi connectivity index (χ3n) is 2.10. The Hall–Kier alpha value is -1.54. The molecule has 0 aliphatic heterocycles. The largest absolute Gasteiger partial charge is 0.480 e. The smallest absolute Gasteiger partial charge is 0.326 e. The lowest BCUT2D eigenvalue weighted by atomic mass is 10.2. The van der Waals surface area contributed by atoms with E-state index in [1.807, 2.05) is 17.5 Å². The zero-order valence-electron chi connectivity index (χ0n) is 10.00. The molecule has 1 heterocycles. The number of amides is 2. The van der Waals surface area contributed by atoms with E-state index in [0.717, 1.165) is 4.88 Å². The van der Waals surface area contributed by atoms with Crippen molar-refractivity contribution in [2.45, 2.75) is 18.2 Å². The van der Waals surface area contributed by atoms with Crippen LogP contribution in [0.1, 0.15) is 11.3 Å². The molecule has 104 valence electrons. The number of carboxylic acid groups (broad SMARTS) is 1. The first kappa shape index (κ1) is 15.5. The lowest BCUT2D eigenvalue weighted by Crippen LogP contribution is -2.44. The summed E-state index contributed by atoms with van der Waals surface area (Å²) in [6, 6.07) is 2.63. The summed E-state index contributed by atoms with van der Waals surface area (Å²) in [4.78, 5) is 34.1. The topological polar surface area (TPSA) is 109 Å². The Morgan fingerprint density at radius 1 is 1.47 bits per heavy atom. The SMILES string of the molecule is NC(=O)C[C@H](NC(=O)CSCc1cccs1)C(=O)O. The summed E-state index contributed by atoms with van der Waals surface area (Å²) in [5.74, 6) is -1.62. The Bertz CT molecular complexity index is 448. The molecule has 1 atom stereocenters. The summed E-state index contributed by atoms with van der Waals surface area (Å²) in [5.41, 5.74) is 4.91. The molecule has 0 bridgehead atoms. The van der Waals surface area contributed by atoms with E-state index in [9.17, 15) is 14.4 Å². The van der Waals surface area contributed by atoms with Crippen molar-refractivity contribution >= 4 is 40.9 Å². The van der Waals surface area contributed by atoms with Gasteiger partial charge in [-0.15, -0.1) is 23.1 Å². The molecule has 1 rings (SSSR count). The maximum atomic E-state index is 11.5. The van der Waals surface area contributed by atoms with E-state index >= 15 is 0 Å². The van der Waals surface area contributed by atoms with Crippen LogP contribution < -0.4 is 11.1 Å². The van der Waals surface area contributed by atoms with Crippen molar-refractivity contribution in [1.29, 1.82) is 0 Å². The maximum absolute atomic E-state index is 11.5. The summed E-state index contributed by atoms with van der Waals surface area (Å²) in [6.45, 7) is 0. The van der Waals surface area contributed by atoms with Crippen molar-refractivity contribution in [3.8, 4) is 0 Å². The van der Waals surface area contributed by atoms with Crippen molar-refractivity contribution in [2.75, 3.05) is 5.75 Å². The van der Waals surface area contributed by atoms with Crippen LogP contribution in [0.15, 0.2) is 17.5 Å². The van der Waals surface area contributed by atoms with Crippen LogP contribution in [0.5, 0.6) is 0 Å². The summed E-state index contributed by atoms with van der Waals surface area (Å²) in [6.07, 6.45) is -0.406. The summed E-state index contributed by atoms with van der Waals surface area (Å²) < 4.78 is 0. The van der Waals surface area contributed by atoms with E-state index in [-0.39, 0.29) is 5.75 Å². The number of rotatable bonds is 8. The number of aliphatic carboxylic acids is 1. The molecule has 0 saturated carbocycles. The van der Waals surface area contributed by atoms with Crippen molar-refractivity contribution < 1.29 is 19.5 Å². The highest BCUT2D eigenvalue weighted by molar-refractivity contribution is 7.99. The maximum Gasteiger partial charge on any atom is 0.326 e. The van der Waals surface area contributed by atoms with Crippen LogP contribution in [0.3, 0.4) is 0 Å². The van der Waals surface area contributed by atoms with Gasteiger partial charge < -0.3 is 16.2 Å². The highest BCUT2D eigenvalue weighted by Crippen LogP contribution is 2.16. The zero-order chi connectivity index (χ0) is 14.3. The van der Waals surface area contributed by atoms with Gasteiger partial charge in [-0.1, -0.05) is 6.07 Å². The fourth-order valence-electron chi connectivity index (χ4n) is 1.28. The van der Waals surface area contributed by atoms with Gasteiger partial charge in [0.2, 0.25) is 11.8 Å². The van der Waals surface area contributed by atoms with Crippen LogP contribution in [-0.2, 0) is 20.1 Å². The number of primary amides is 1. The van der Waals surface area contributed by atoms with Crippen LogP contribution in [0.2, 0.25) is 0 Å². The van der Waals surface area contributed by atoms with Gasteiger partial charge in [0.15, 0.2) is 0 Å². The predicted octanol–water partition coefficient (Wildman–Crippen LogP) is 0.426. The molecule has 6 nitrogen and oxygen atoms in total. The third-order valence-corrected chi connectivity index (χ3v) is 4.14. The second-order valence-electron chi connectivity index (χ2n) is 3.70. The van der Waals surface area contributed by atoms with Gasteiger partial charge in [-0.05, 0) is 11.4 Å². The Morgan fingerprint density at radius 3 is 2.74 bits per heavy atom.